The molecule has 1 unspecified atom stereocenters. The molecule has 6 aromatic heterocycles. The van der Waals surface area contributed by atoms with Gasteiger partial charge in [-0.1, -0.05) is 424 Å². The monoisotopic (exact) mass is 1670 g/mol. The minimum Gasteiger partial charge on any atom is -0.278 e. The highest BCUT2D eigenvalue weighted by atomic mass is 28.3. The highest BCUT2D eigenvalue weighted by Crippen LogP contribution is 2.38. The second kappa shape index (κ2) is 31.6. The van der Waals surface area contributed by atoms with Gasteiger partial charge >= 0.3 is 0 Å². The zero-order chi connectivity index (χ0) is 104. The molecule has 24 rings (SSSR count). The molecule has 18 aromatic carbocycles. The predicted octanol–water partition coefficient (Wildman–Crippen LogP) is 21.6. The molecule has 0 aliphatic heterocycles. The Morgan fingerprint density at radius 3 is 0.690 bits per heavy atom. The Morgan fingerprint density at radius 2 is 0.405 bits per heavy atom. The van der Waals surface area contributed by atoms with E-state index in [1.807, 2.05) is 279 Å². The average Bonchev–Trinajstić information content (AvgIpc) is 1.62. The molecule has 1 atom stereocenters. The van der Waals surface area contributed by atoms with Crippen LogP contribution in [0.1, 0.15) is 31.5 Å². The topological polar surface area (TPSA) is 97.1 Å². The van der Waals surface area contributed by atoms with Crippen LogP contribution in [0, 0.1) is 0 Å². The second-order valence-corrected chi connectivity index (χ2v) is 37.6. The molecule has 0 radical (unpaired) electrons. The van der Waals surface area contributed by atoms with Crippen LogP contribution in [-0.2, 0) is 0 Å². The van der Waals surface area contributed by atoms with Crippen molar-refractivity contribution in [3.8, 4) is 68.8 Å². The van der Waals surface area contributed by atoms with Crippen LogP contribution in [0.3, 0.4) is 0 Å². The van der Waals surface area contributed by atoms with Crippen LogP contribution in [0.5, 0.6) is 0 Å². The first-order chi connectivity index (χ1) is 72.1. The van der Waals surface area contributed by atoms with Crippen molar-refractivity contribution in [3.05, 3.63) is 473 Å². The van der Waals surface area contributed by atoms with Crippen molar-refractivity contribution in [2.24, 2.45) is 0 Å². The van der Waals surface area contributed by atoms with Crippen LogP contribution in [0.4, 0.5) is 0 Å². The Morgan fingerprint density at radius 1 is 0.175 bits per heavy atom. The standard InChI is InChI=1S/2C57H39N5Si/c2*1-4-20-40(21-5-1)41-22-18-28-45(38-41)63(43-24-6-2-7-25-43,44-26-8-3-9-27-44)46-29-19-23-42(39-46)55-58-56(61-51-34-14-10-30-47(51)48-31-11-15-35-52(48)61)60-57(59-55)62-53-36-16-12-32-49(53)50-33-13-17-37-54(50)62/h2*1-39H/i1D,2D,4D,5D,6D,7D,19D,20D,21D,23D,24D,25D,29D,39D;1D,4D,5D,19D,20D,21D,23D,29D,39D. The Bertz CT molecular complexity index is 9170. The summed E-state index contributed by atoms with van der Waals surface area (Å²) in [4.78, 5) is 31.2. The molecule has 0 saturated carbocycles. The normalized spacial score (nSPS) is 14.7. The van der Waals surface area contributed by atoms with Gasteiger partial charge in [0.1, 0.15) is 0 Å². The zero-order valence-electron chi connectivity index (χ0n) is 89.7. The van der Waals surface area contributed by atoms with E-state index >= 15 is 0 Å². The molecule has 0 saturated heterocycles. The average molecular weight is 1670 g/mol. The predicted molar refractivity (Wildman–Crippen MR) is 526 cm³/mol. The van der Waals surface area contributed by atoms with E-state index in [1.54, 1.807) is 60.7 Å². The first kappa shape index (κ1) is 54.1. The molecule has 0 spiro atoms. The van der Waals surface area contributed by atoms with Gasteiger partial charge in [-0.3, -0.25) is 18.3 Å². The molecule has 0 fully saturated rings. The molecule has 24 aromatic rings. The van der Waals surface area contributed by atoms with E-state index in [-0.39, 0.29) is 108 Å². The number of rotatable bonds is 16. The first-order valence-corrected chi connectivity index (χ1v) is 44.9. The molecular formula is C114H78N10Si2. The number of hydrogen-bond donors (Lipinski definition) is 0. The first-order valence-electron chi connectivity index (χ1n) is 52.4. The lowest BCUT2D eigenvalue weighted by Crippen LogP contribution is -2.74. The lowest BCUT2D eigenvalue weighted by Gasteiger charge is -2.35. The molecule has 0 bridgehead atoms. The van der Waals surface area contributed by atoms with Crippen LogP contribution in [0.25, 0.3) is 156 Å². The van der Waals surface area contributed by atoms with E-state index in [4.69, 9.17) is 47.7 Å². The Hall–Kier alpha value is -16.4. The molecule has 126 heavy (non-hydrogen) atoms. The third kappa shape index (κ3) is 12.6. The lowest BCUT2D eigenvalue weighted by molar-refractivity contribution is 0.892. The van der Waals surface area contributed by atoms with E-state index in [0.29, 0.717) is 15.9 Å². The number of para-hydroxylation sites is 8. The zero-order valence-corrected chi connectivity index (χ0v) is 68.7. The number of benzene rings is 18. The van der Waals surface area contributed by atoms with E-state index in [0.717, 1.165) is 97.6 Å². The third-order valence-corrected chi connectivity index (χ3v) is 32.4. The van der Waals surface area contributed by atoms with Gasteiger partial charge in [0.05, 0.1) is 75.7 Å². The van der Waals surface area contributed by atoms with Crippen molar-refractivity contribution in [1.29, 1.82) is 0 Å². The van der Waals surface area contributed by atoms with Gasteiger partial charge in [-0.25, -0.2) is 0 Å². The Labute approximate surface area is 762 Å². The van der Waals surface area contributed by atoms with Crippen LogP contribution in [0.2, 0.25) is 0 Å². The van der Waals surface area contributed by atoms with Gasteiger partial charge in [-0.2, -0.15) is 29.9 Å². The maximum absolute atomic E-state index is 10.7. The smallest absolute Gasteiger partial charge is 0.240 e. The summed E-state index contributed by atoms with van der Waals surface area (Å²) < 4.78 is 221. The van der Waals surface area contributed by atoms with Gasteiger partial charge in [0.15, 0.2) is 27.8 Å². The minimum absolute atomic E-state index is 0.00723. The van der Waals surface area contributed by atoms with Gasteiger partial charge < -0.3 is 0 Å². The SMILES string of the molecule is [2H]c1c([2H])c([2H])c(-c2cccc([Si](c3ccccc3)(c3c([2H])c([2H])c([2H])c([2H])c3[2H])c3c([2H])c([2H])c([2H])c(-c4nc(-n5c6ccccc6c6ccccc65)nc(-n5c6ccccc6c6ccccc65)n4)c3[2H])c2)c([2H])c1[2H].[2H]c1c([2H])c([2H])c(-c2cccc([Si](c3ccccc3)(c3ccccc3)c3c([2H])c([2H])c([2H])c(-c4nc(-n5c6ccccc6c6ccccc65)nc(-n5c6ccccc6c6ccccc65)n4)c3[2H])c2)c([2H])c1[2H]. The van der Waals surface area contributed by atoms with Gasteiger partial charge in [0.2, 0.25) is 23.8 Å². The van der Waals surface area contributed by atoms with E-state index in [2.05, 4.69) is 0 Å². The van der Waals surface area contributed by atoms with Crippen molar-refractivity contribution in [2.45, 2.75) is 0 Å². The summed E-state index contributed by atoms with van der Waals surface area (Å²) in [5.74, 6) is 0.349. The molecule has 6 heterocycles. The van der Waals surface area contributed by atoms with Crippen LogP contribution in [0.15, 0.2) is 473 Å². The number of hydrogen-bond acceptors (Lipinski definition) is 6. The second-order valence-electron chi connectivity index (χ2n) is 30.3. The molecule has 0 N–H and O–H groups in total. The summed E-state index contributed by atoms with van der Waals surface area (Å²) in [6, 6.07) is 91.3. The molecular weight excluding hydrogens is 1570 g/mol. The van der Waals surface area contributed by atoms with Crippen LogP contribution < -0.4 is 41.5 Å². The highest BCUT2D eigenvalue weighted by Gasteiger charge is 2.44. The van der Waals surface area contributed by atoms with Crippen molar-refractivity contribution < 1.29 is 31.5 Å². The van der Waals surface area contributed by atoms with Crippen molar-refractivity contribution >= 4 is 145 Å². The number of nitrogens with zero attached hydrogens (tertiary/aromatic N) is 10. The van der Waals surface area contributed by atoms with E-state index in [9.17, 15) is 13.7 Å². The molecule has 0 aliphatic rings. The summed E-state index contributed by atoms with van der Waals surface area (Å²) >= 11 is 0. The van der Waals surface area contributed by atoms with Crippen LogP contribution >= 0.6 is 0 Å². The Kier molecular flexibility index (Phi) is 13.6. The Balaban J connectivity index is 0.000000164. The summed E-state index contributed by atoms with van der Waals surface area (Å²) in [5.41, 5.74) is 6.11. The molecule has 12 heteroatoms. The quantitative estimate of drug-likeness (QED) is 0.0706. The molecule has 0 aliphatic carbocycles. The number of fused-ring (bicyclic) bond motifs is 12. The fraction of sp³-hybridized carbons (Fsp3) is 0. The van der Waals surface area contributed by atoms with E-state index < -0.39 is 131 Å². The maximum atomic E-state index is 10.7. The van der Waals surface area contributed by atoms with Gasteiger partial charge in [-0.15, -0.1) is 0 Å². The van der Waals surface area contributed by atoms with Crippen molar-refractivity contribution in [2.75, 3.05) is 0 Å². The summed E-state index contributed by atoms with van der Waals surface area (Å²) in [6.45, 7) is 0. The molecule has 592 valence electrons. The van der Waals surface area contributed by atoms with E-state index in [1.165, 1.54) is 12.1 Å². The number of aromatic nitrogens is 10. The lowest BCUT2D eigenvalue weighted by atomic mass is 10.1. The third-order valence-electron chi connectivity index (χ3n) is 23.5. The summed E-state index contributed by atoms with van der Waals surface area (Å²) in [6.07, 6.45) is 0. The molecule has 10 nitrogen and oxygen atoms in total. The summed E-state index contributed by atoms with van der Waals surface area (Å²) in [5, 5.41) is 9.66. The summed E-state index contributed by atoms with van der Waals surface area (Å²) in [7, 11) is -8.95. The van der Waals surface area contributed by atoms with Crippen molar-refractivity contribution in [3.63, 3.8) is 0 Å². The fourth-order valence-electron chi connectivity index (χ4n) is 18.1. The van der Waals surface area contributed by atoms with Gasteiger partial charge in [-0.05, 0) is 112 Å². The van der Waals surface area contributed by atoms with Crippen molar-refractivity contribution in [1.82, 2.24) is 48.2 Å². The van der Waals surface area contributed by atoms with Gasteiger partial charge in [0.25, 0.3) is 0 Å². The maximum Gasteiger partial charge on any atom is 0.240 e. The fourth-order valence-corrected chi connectivity index (χ4v) is 26.8. The highest BCUT2D eigenvalue weighted by molar-refractivity contribution is 7.20. The van der Waals surface area contributed by atoms with Crippen LogP contribution in [-0.4, -0.2) is 64.3 Å². The minimum atomic E-state index is -4.91. The van der Waals surface area contributed by atoms with Gasteiger partial charge in [0, 0.05) is 54.2 Å². The largest absolute Gasteiger partial charge is 0.278 e. The molecule has 0 amide bonds.